The first-order valence-corrected chi connectivity index (χ1v) is 5.54. The van der Waals surface area contributed by atoms with Crippen molar-refractivity contribution in [3.63, 3.8) is 0 Å². The molecule has 0 spiro atoms. The molecule has 0 atom stereocenters. The molecule has 0 aromatic heterocycles. The minimum absolute atomic E-state index is 0.0307. The second-order valence-corrected chi connectivity index (χ2v) is 4.43. The largest absolute Gasteiger partial charge is 0.506 e. The second kappa shape index (κ2) is 3.93. The zero-order valence-corrected chi connectivity index (χ0v) is 8.87. The van der Waals surface area contributed by atoms with Crippen molar-refractivity contribution in [1.82, 2.24) is 0 Å². The van der Waals surface area contributed by atoms with Crippen molar-refractivity contribution in [2.24, 2.45) is 0 Å². The highest BCUT2D eigenvalue weighted by molar-refractivity contribution is 7.86. The second-order valence-electron chi connectivity index (χ2n) is 3.08. The van der Waals surface area contributed by atoms with Crippen molar-refractivity contribution in [1.29, 1.82) is 0 Å². The number of aryl methyl sites for hydroxylation is 1. The molecular weight excluding hydrogens is 216 g/mol. The molecule has 0 amide bonds. The first-order chi connectivity index (χ1) is 6.88. The standard InChI is InChI=1S/C10H10O4S/c1-3-4-8-6-5-7(2)9(11)10(8)15(12,13)14/h1,5-6,11H,4H2,2H3,(H,12,13,14). The van der Waals surface area contributed by atoms with Crippen LogP contribution in [0.1, 0.15) is 11.1 Å². The predicted molar refractivity (Wildman–Crippen MR) is 55.2 cm³/mol. The number of terminal acetylenes is 1. The van der Waals surface area contributed by atoms with Gasteiger partial charge >= 0.3 is 0 Å². The highest BCUT2D eigenvalue weighted by Gasteiger charge is 2.21. The van der Waals surface area contributed by atoms with Gasteiger partial charge in [-0.05, 0) is 18.1 Å². The zero-order valence-electron chi connectivity index (χ0n) is 8.06. The summed E-state index contributed by atoms with van der Waals surface area (Å²) in [7, 11) is -4.45. The van der Waals surface area contributed by atoms with Crippen LogP contribution in [0.2, 0.25) is 0 Å². The molecule has 0 saturated carbocycles. The molecule has 0 aliphatic rings. The highest BCUT2D eigenvalue weighted by Crippen LogP contribution is 2.29. The van der Waals surface area contributed by atoms with Gasteiger partial charge in [0.2, 0.25) is 0 Å². The van der Waals surface area contributed by atoms with E-state index in [1.54, 1.807) is 0 Å². The maximum absolute atomic E-state index is 11.0. The van der Waals surface area contributed by atoms with E-state index in [1.807, 2.05) is 0 Å². The number of hydrogen-bond donors (Lipinski definition) is 2. The zero-order chi connectivity index (χ0) is 11.6. The van der Waals surface area contributed by atoms with Gasteiger partial charge in [0.1, 0.15) is 10.6 Å². The van der Waals surface area contributed by atoms with Gasteiger partial charge in [-0.2, -0.15) is 8.42 Å². The van der Waals surface area contributed by atoms with Crippen molar-refractivity contribution in [2.45, 2.75) is 18.2 Å². The van der Waals surface area contributed by atoms with Gasteiger partial charge < -0.3 is 5.11 Å². The quantitative estimate of drug-likeness (QED) is 0.585. The molecule has 4 nitrogen and oxygen atoms in total. The lowest BCUT2D eigenvalue weighted by molar-refractivity contribution is 0.438. The fourth-order valence-electron chi connectivity index (χ4n) is 1.25. The van der Waals surface area contributed by atoms with Crippen molar-refractivity contribution >= 4 is 10.1 Å². The summed E-state index contributed by atoms with van der Waals surface area (Å²) < 4.78 is 31.0. The predicted octanol–water partition coefficient (Wildman–Crippen LogP) is 1.12. The monoisotopic (exact) mass is 226 g/mol. The minimum atomic E-state index is -4.45. The maximum Gasteiger partial charge on any atom is 0.298 e. The SMILES string of the molecule is C#CCc1ccc(C)c(O)c1S(=O)(=O)O. The summed E-state index contributed by atoms with van der Waals surface area (Å²) in [5.41, 5.74) is 0.575. The van der Waals surface area contributed by atoms with Gasteiger partial charge in [0.15, 0.2) is 0 Å². The summed E-state index contributed by atoms with van der Waals surface area (Å²) in [6.07, 6.45) is 5.08. The van der Waals surface area contributed by atoms with E-state index in [2.05, 4.69) is 5.92 Å². The van der Waals surface area contributed by atoms with Crippen LogP contribution in [0.4, 0.5) is 0 Å². The average molecular weight is 226 g/mol. The molecule has 0 heterocycles. The Balaban J connectivity index is 3.58. The Kier molecular flexibility index (Phi) is 3.03. The number of aromatic hydroxyl groups is 1. The van der Waals surface area contributed by atoms with Gasteiger partial charge in [-0.3, -0.25) is 4.55 Å². The van der Waals surface area contributed by atoms with Crippen LogP contribution in [0, 0.1) is 19.3 Å². The summed E-state index contributed by atoms with van der Waals surface area (Å²) in [6, 6.07) is 3.01. The van der Waals surface area contributed by atoms with Crippen molar-refractivity contribution in [2.75, 3.05) is 0 Å². The normalized spacial score (nSPS) is 11.0. The van der Waals surface area contributed by atoms with Gasteiger partial charge in [0.25, 0.3) is 10.1 Å². The molecule has 0 radical (unpaired) electrons. The van der Waals surface area contributed by atoms with E-state index in [-0.39, 0.29) is 12.0 Å². The average Bonchev–Trinajstić information content (AvgIpc) is 2.10. The first kappa shape index (κ1) is 11.6. The fraction of sp³-hybridized carbons (Fsp3) is 0.200. The van der Waals surface area contributed by atoms with E-state index in [0.29, 0.717) is 5.56 Å². The van der Waals surface area contributed by atoms with Gasteiger partial charge in [-0.15, -0.1) is 12.3 Å². The summed E-state index contributed by atoms with van der Waals surface area (Å²) >= 11 is 0. The van der Waals surface area contributed by atoms with E-state index in [0.717, 1.165) is 0 Å². The Hall–Kier alpha value is -1.51. The Morgan fingerprint density at radius 3 is 2.53 bits per heavy atom. The first-order valence-electron chi connectivity index (χ1n) is 4.10. The molecule has 0 unspecified atom stereocenters. The summed E-state index contributed by atoms with van der Waals surface area (Å²) in [6.45, 7) is 1.53. The molecule has 1 aromatic rings. The molecule has 15 heavy (non-hydrogen) atoms. The van der Waals surface area contributed by atoms with E-state index in [4.69, 9.17) is 11.0 Å². The molecule has 5 heteroatoms. The van der Waals surface area contributed by atoms with E-state index < -0.39 is 20.8 Å². The topological polar surface area (TPSA) is 74.6 Å². The van der Waals surface area contributed by atoms with Crippen LogP contribution in [0.15, 0.2) is 17.0 Å². The van der Waals surface area contributed by atoms with Crippen LogP contribution in [0.25, 0.3) is 0 Å². The molecule has 0 aliphatic heterocycles. The maximum atomic E-state index is 11.0. The van der Waals surface area contributed by atoms with E-state index >= 15 is 0 Å². The lowest BCUT2D eigenvalue weighted by atomic mass is 10.1. The van der Waals surface area contributed by atoms with Crippen LogP contribution < -0.4 is 0 Å². The Bertz CT molecular complexity index is 523. The van der Waals surface area contributed by atoms with Crippen molar-refractivity contribution < 1.29 is 18.1 Å². The van der Waals surface area contributed by atoms with Crippen LogP contribution >= 0.6 is 0 Å². The smallest absolute Gasteiger partial charge is 0.298 e. The molecule has 2 N–H and O–H groups in total. The van der Waals surface area contributed by atoms with Crippen LogP contribution in [-0.4, -0.2) is 18.1 Å². The summed E-state index contributed by atoms with van der Waals surface area (Å²) in [5, 5.41) is 9.53. The molecule has 0 aliphatic carbocycles. The highest BCUT2D eigenvalue weighted by atomic mass is 32.2. The number of hydrogen-bond acceptors (Lipinski definition) is 3. The number of phenols is 1. The third kappa shape index (κ3) is 2.29. The van der Waals surface area contributed by atoms with Crippen molar-refractivity contribution in [3.8, 4) is 18.1 Å². The third-order valence-corrected chi connectivity index (χ3v) is 2.94. The van der Waals surface area contributed by atoms with Gasteiger partial charge in [0.05, 0.1) is 0 Å². The van der Waals surface area contributed by atoms with Gasteiger partial charge in [0, 0.05) is 6.42 Å². The molecule has 0 bridgehead atoms. The fourth-order valence-corrected chi connectivity index (χ4v) is 2.13. The van der Waals surface area contributed by atoms with Gasteiger partial charge in [-0.25, -0.2) is 0 Å². The molecule has 0 fully saturated rings. The summed E-state index contributed by atoms with van der Waals surface area (Å²) in [4.78, 5) is -0.500. The van der Waals surface area contributed by atoms with Crippen LogP contribution in [0.3, 0.4) is 0 Å². The van der Waals surface area contributed by atoms with Gasteiger partial charge in [-0.1, -0.05) is 12.1 Å². The third-order valence-electron chi connectivity index (χ3n) is 1.97. The Morgan fingerprint density at radius 2 is 2.07 bits per heavy atom. The van der Waals surface area contributed by atoms with Crippen molar-refractivity contribution in [3.05, 3.63) is 23.3 Å². The van der Waals surface area contributed by atoms with Crippen LogP contribution in [-0.2, 0) is 16.5 Å². The van der Waals surface area contributed by atoms with Crippen LogP contribution in [0.5, 0.6) is 5.75 Å². The molecule has 0 saturated heterocycles. The summed E-state index contributed by atoms with van der Waals surface area (Å²) in [5.74, 6) is 1.80. The Labute approximate surface area is 88.3 Å². The van der Waals surface area contributed by atoms with E-state index in [1.165, 1.54) is 19.1 Å². The van der Waals surface area contributed by atoms with E-state index in [9.17, 15) is 13.5 Å². The minimum Gasteiger partial charge on any atom is -0.506 e. The number of phenolic OH excluding ortho intramolecular Hbond substituents is 1. The lowest BCUT2D eigenvalue weighted by Gasteiger charge is -2.08. The molecule has 1 rings (SSSR count). The molecular formula is C10H10O4S. The molecule has 80 valence electrons. The Morgan fingerprint density at radius 1 is 1.47 bits per heavy atom. The number of benzene rings is 1. The number of rotatable bonds is 2. The lowest BCUT2D eigenvalue weighted by Crippen LogP contribution is -2.04. The molecule has 1 aromatic carbocycles.